The fraction of sp³-hybridized carbons (Fsp3) is 0.364. The first kappa shape index (κ1) is 11.1. The molecule has 1 N–H and O–H groups in total. The van der Waals surface area contributed by atoms with E-state index in [1.165, 1.54) is 24.0 Å². The van der Waals surface area contributed by atoms with Gasteiger partial charge < -0.3 is 5.11 Å². The lowest BCUT2D eigenvalue weighted by Gasteiger charge is -2.00. The first-order valence-electron chi connectivity index (χ1n) is 4.53. The molecule has 0 aliphatic heterocycles. The van der Waals surface area contributed by atoms with Gasteiger partial charge in [0.2, 0.25) is 0 Å². The minimum Gasteiger partial charge on any atom is -0.483 e. The average Bonchev–Trinajstić information content (AvgIpc) is 2.94. The third-order valence-corrected chi connectivity index (χ3v) is 2.65. The zero-order chi connectivity index (χ0) is 10.6. The van der Waals surface area contributed by atoms with Gasteiger partial charge in [-0.15, -0.1) is 0 Å². The van der Waals surface area contributed by atoms with Crippen molar-refractivity contribution in [2.45, 2.75) is 25.7 Å². The molecule has 0 heterocycles. The monoisotopic (exact) mass is 212 g/mol. The summed E-state index contributed by atoms with van der Waals surface area (Å²) in [5, 5.41) is 7.77. The minimum absolute atomic E-state index is 0.250. The summed E-state index contributed by atoms with van der Waals surface area (Å²) < 4.78 is 0. The largest absolute Gasteiger partial charge is 0.483 e. The molecule has 1 aromatic carbocycles. The van der Waals surface area contributed by atoms with Crippen LogP contribution in [0.5, 0.6) is 0 Å². The third kappa shape index (κ3) is 3.04. The predicted octanol–water partition coefficient (Wildman–Crippen LogP) is 3.23. The van der Waals surface area contributed by atoms with Crippen LogP contribution < -0.4 is 0 Å². The number of hydrogen-bond acceptors (Lipinski definition) is 1. The van der Waals surface area contributed by atoms with Crippen molar-refractivity contribution >= 4 is 18.1 Å². The summed E-state index contributed by atoms with van der Waals surface area (Å²) in [5.74, 6) is 0.839. The molecule has 1 aliphatic rings. The van der Waals surface area contributed by atoms with E-state index in [2.05, 4.69) is 19.1 Å². The van der Waals surface area contributed by atoms with Gasteiger partial charge in [-0.3, -0.25) is 4.79 Å². The molecule has 0 unspecified atom stereocenters. The molecular formula is C11H13ClO2. The maximum absolute atomic E-state index is 8.36. The standard InChI is InChI=1S/C10H11Cl.CH2O2/c1-7-6-9(8-2-3-8)4-5-10(7)11;2-1-3/h4-6,8H,2-3H2,1H3;1H,(H,2,3). The van der Waals surface area contributed by atoms with E-state index >= 15 is 0 Å². The minimum atomic E-state index is -0.250. The van der Waals surface area contributed by atoms with Crippen molar-refractivity contribution in [3.63, 3.8) is 0 Å². The predicted molar refractivity (Wildman–Crippen MR) is 56.9 cm³/mol. The summed E-state index contributed by atoms with van der Waals surface area (Å²) in [5.41, 5.74) is 2.67. The molecule has 3 heteroatoms. The van der Waals surface area contributed by atoms with Gasteiger partial charge in [0.1, 0.15) is 0 Å². The Morgan fingerprint density at radius 2 is 2.07 bits per heavy atom. The van der Waals surface area contributed by atoms with E-state index in [1.807, 2.05) is 6.07 Å². The van der Waals surface area contributed by atoms with Crippen molar-refractivity contribution in [3.8, 4) is 0 Å². The van der Waals surface area contributed by atoms with Crippen LogP contribution in [0.3, 0.4) is 0 Å². The molecule has 1 aliphatic carbocycles. The van der Waals surface area contributed by atoms with E-state index in [0.29, 0.717) is 0 Å². The summed E-state index contributed by atoms with van der Waals surface area (Å²) in [6.45, 7) is 1.81. The summed E-state index contributed by atoms with van der Waals surface area (Å²) in [6, 6.07) is 6.36. The van der Waals surface area contributed by atoms with Crippen LogP contribution in [-0.2, 0) is 4.79 Å². The molecule has 0 aromatic heterocycles. The molecule has 0 radical (unpaired) electrons. The van der Waals surface area contributed by atoms with Gasteiger partial charge in [0.25, 0.3) is 6.47 Å². The fourth-order valence-electron chi connectivity index (χ4n) is 1.34. The molecule has 0 amide bonds. The van der Waals surface area contributed by atoms with Gasteiger partial charge in [-0.2, -0.15) is 0 Å². The van der Waals surface area contributed by atoms with Gasteiger partial charge in [-0.05, 0) is 42.9 Å². The Bertz CT molecular complexity index is 319. The van der Waals surface area contributed by atoms with Crippen LogP contribution in [0.1, 0.15) is 29.9 Å². The maximum atomic E-state index is 8.36. The number of rotatable bonds is 1. The maximum Gasteiger partial charge on any atom is 0.290 e. The zero-order valence-corrected chi connectivity index (χ0v) is 8.79. The normalized spacial score (nSPS) is 14.1. The van der Waals surface area contributed by atoms with E-state index in [9.17, 15) is 0 Å². The molecule has 0 spiro atoms. The highest BCUT2D eigenvalue weighted by atomic mass is 35.5. The van der Waals surface area contributed by atoms with Crippen LogP contribution in [0.4, 0.5) is 0 Å². The second-order valence-corrected chi connectivity index (χ2v) is 3.80. The molecule has 2 nitrogen and oxygen atoms in total. The Kier molecular flexibility index (Phi) is 3.96. The Morgan fingerprint density at radius 1 is 1.50 bits per heavy atom. The van der Waals surface area contributed by atoms with Gasteiger partial charge in [0.05, 0.1) is 0 Å². The van der Waals surface area contributed by atoms with Crippen LogP contribution in [0.25, 0.3) is 0 Å². The molecular weight excluding hydrogens is 200 g/mol. The molecule has 0 bridgehead atoms. The smallest absolute Gasteiger partial charge is 0.290 e. The Morgan fingerprint density at radius 3 is 2.50 bits per heavy atom. The highest BCUT2D eigenvalue weighted by Crippen LogP contribution is 2.40. The van der Waals surface area contributed by atoms with Crippen molar-refractivity contribution in [2.75, 3.05) is 0 Å². The van der Waals surface area contributed by atoms with Crippen LogP contribution in [0.15, 0.2) is 18.2 Å². The summed E-state index contributed by atoms with van der Waals surface area (Å²) in [6.07, 6.45) is 2.72. The van der Waals surface area contributed by atoms with Crippen molar-refractivity contribution < 1.29 is 9.90 Å². The third-order valence-electron chi connectivity index (χ3n) is 2.23. The molecule has 2 rings (SSSR count). The van der Waals surface area contributed by atoms with Gasteiger partial charge in [0.15, 0.2) is 0 Å². The second kappa shape index (κ2) is 5.01. The average molecular weight is 213 g/mol. The first-order valence-corrected chi connectivity index (χ1v) is 4.90. The van der Waals surface area contributed by atoms with Crippen molar-refractivity contribution in [1.82, 2.24) is 0 Å². The number of benzene rings is 1. The lowest BCUT2D eigenvalue weighted by Crippen LogP contribution is -1.81. The number of hydrogen-bond donors (Lipinski definition) is 1. The Balaban J connectivity index is 0.000000293. The van der Waals surface area contributed by atoms with Gasteiger partial charge in [0, 0.05) is 5.02 Å². The number of halogens is 1. The van der Waals surface area contributed by atoms with Crippen LogP contribution in [-0.4, -0.2) is 11.6 Å². The highest BCUT2D eigenvalue weighted by molar-refractivity contribution is 6.31. The molecule has 14 heavy (non-hydrogen) atoms. The molecule has 0 saturated heterocycles. The number of carbonyl (C=O) groups is 1. The number of carboxylic acid groups (broad SMARTS) is 1. The second-order valence-electron chi connectivity index (χ2n) is 3.39. The van der Waals surface area contributed by atoms with Gasteiger partial charge >= 0.3 is 0 Å². The molecule has 1 aromatic rings. The molecule has 0 atom stereocenters. The zero-order valence-electron chi connectivity index (χ0n) is 8.03. The van der Waals surface area contributed by atoms with Crippen molar-refractivity contribution in [2.24, 2.45) is 0 Å². The SMILES string of the molecule is Cc1cc(C2CC2)ccc1Cl.O=CO. The van der Waals surface area contributed by atoms with Crippen LogP contribution in [0.2, 0.25) is 5.02 Å². The van der Waals surface area contributed by atoms with Crippen molar-refractivity contribution in [3.05, 3.63) is 34.3 Å². The summed E-state index contributed by atoms with van der Waals surface area (Å²) >= 11 is 5.91. The highest BCUT2D eigenvalue weighted by Gasteiger charge is 2.23. The quantitative estimate of drug-likeness (QED) is 0.726. The topological polar surface area (TPSA) is 37.3 Å². The van der Waals surface area contributed by atoms with Gasteiger partial charge in [-0.25, -0.2) is 0 Å². The van der Waals surface area contributed by atoms with Crippen LogP contribution in [0, 0.1) is 6.92 Å². The summed E-state index contributed by atoms with van der Waals surface area (Å²) in [7, 11) is 0. The lowest BCUT2D eigenvalue weighted by atomic mass is 10.1. The summed E-state index contributed by atoms with van der Waals surface area (Å²) in [4.78, 5) is 8.36. The first-order chi connectivity index (χ1) is 6.69. The molecule has 76 valence electrons. The lowest BCUT2D eigenvalue weighted by molar-refractivity contribution is -0.122. The molecule has 1 saturated carbocycles. The van der Waals surface area contributed by atoms with Gasteiger partial charge in [-0.1, -0.05) is 23.7 Å². The van der Waals surface area contributed by atoms with E-state index in [-0.39, 0.29) is 6.47 Å². The van der Waals surface area contributed by atoms with E-state index < -0.39 is 0 Å². The molecule has 1 fully saturated rings. The Hall–Kier alpha value is -1.02. The Labute approximate surface area is 88.5 Å². The van der Waals surface area contributed by atoms with Crippen molar-refractivity contribution in [1.29, 1.82) is 0 Å². The number of aryl methyl sites for hydroxylation is 1. The van der Waals surface area contributed by atoms with E-state index in [0.717, 1.165) is 10.9 Å². The fourth-order valence-corrected chi connectivity index (χ4v) is 1.46. The van der Waals surface area contributed by atoms with E-state index in [1.54, 1.807) is 0 Å². The van der Waals surface area contributed by atoms with Crippen LogP contribution >= 0.6 is 11.6 Å². The van der Waals surface area contributed by atoms with E-state index in [4.69, 9.17) is 21.5 Å².